The van der Waals surface area contributed by atoms with Crippen molar-refractivity contribution in [2.75, 3.05) is 5.73 Å². The van der Waals surface area contributed by atoms with Crippen LogP contribution in [0.2, 0.25) is 0 Å². The molecule has 0 spiro atoms. The molecule has 2 aromatic heterocycles. The number of aliphatic hydroxyl groups excluding tert-OH is 1. The van der Waals surface area contributed by atoms with Gasteiger partial charge in [-0.15, -0.1) is 0 Å². The van der Waals surface area contributed by atoms with E-state index in [1.54, 1.807) is 7.05 Å². The Labute approximate surface area is 162 Å². The maximum Gasteiger partial charge on any atom is 0.274 e. The highest BCUT2D eigenvalue weighted by Gasteiger charge is 2.30. The van der Waals surface area contributed by atoms with Crippen LogP contribution in [0.25, 0.3) is 11.2 Å². The predicted octanol–water partition coefficient (Wildman–Crippen LogP) is 1.90. The lowest BCUT2D eigenvalue weighted by molar-refractivity contribution is 0.104. The average molecular weight is 381 g/mol. The van der Waals surface area contributed by atoms with Crippen LogP contribution in [-0.4, -0.2) is 30.7 Å². The molecule has 0 radical (unpaired) electrons. The van der Waals surface area contributed by atoms with Gasteiger partial charge in [0.2, 0.25) is 11.8 Å². The average Bonchev–Trinajstić information content (AvgIpc) is 2.71. The summed E-state index contributed by atoms with van der Waals surface area (Å²) in [6.45, 7) is 0.290. The minimum atomic E-state index is -0.574. The van der Waals surface area contributed by atoms with Crippen LogP contribution in [0.5, 0.6) is 5.88 Å². The van der Waals surface area contributed by atoms with Gasteiger partial charge in [0, 0.05) is 13.0 Å². The fourth-order valence-corrected chi connectivity index (χ4v) is 3.71. The van der Waals surface area contributed by atoms with E-state index < -0.39 is 6.10 Å². The fraction of sp³-hybridized carbons (Fsp3) is 0.400. The van der Waals surface area contributed by atoms with Crippen molar-refractivity contribution in [3.63, 3.8) is 0 Å². The van der Waals surface area contributed by atoms with Gasteiger partial charge in [0.15, 0.2) is 11.2 Å². The first-order chi connectivity index (χ1) is 13.5. The molecule has 1 aliphatic carbocycles. The Morgan fingerprint density at radius 1 is 1.18 bits per heavy atom. The molecule has 1 aromatic carbocycles. The Kier molecular flexibility index (Phi) is 4.95. The molecule has 2 atom stereocenters. The van der Waals surface area contributed by atoms with E-state index in [2.05, 4.69) is 15.0 Å². The largest absolute Gasteiger partial charge is 0.471 e. The molecule has 8 heteroatoms. The summed E-state index contributed by atoms with van der Waals surface area (Å²) in [4.78, 5) is 25.8. The highest BCUT2D eigenvalue weighted by Crippen LogP contribution is 2.32. The minimum Gasteiger partial charge on any atom is -0.471 e. The number of fused-ring (bicyclic) bond motifs is 1. The predicted molar refractivity (Wildman–Crippen MR) is 105 cm³/mol. The monoisotopic (exact) mass is 381 g/mol. The molecule has 3 N–H and O–H groups in total. The van der Waals surface area contributed by atoms with Crippen molar-refractivity contribution >= 4 is 17.1 Å². The molecule has 0 aliphatic heterocycles. The number of nitrogens with zero attached hydrogens (tertiary/aromatic N) is 4. The summed E-state index contributed by atoms with van der Waals surface area (Å²) in [5.41, 5.74) is 7.55. The quantitative estimate of drug-likeness (QED) is 0.709. The van der Waals surface area contributed by atoms with Crippen LogP contribution in [0.1, 0.15) is 42.9 Å². The first-order valence-electron chi connectivity index (χ1n) is 9.43. The number of hydrogen-bond donors (Lipinski definition) is 2. The Hall–Kier alpha value is -3.00. The number of rotatable bonds is 4. The third-order valence-electron chi connectivity index (χ3n) is 5.22. The van der Waals surface area contributed by atoms with Crippen LogP contribution < -0.4 is 16.0 Å². The molecule has 2 heterocycles. The molecule has 8 nitrogen and oxygen atoms in total. The van der Waals surface area contributed by atoms with Crippen molar-refractivity contribution in [1.82, 2.24) is 19.5 Å². The first-order valence-corrected chi connectivity index (χ1v) is 9.43. The van der Waals surface area contributed by atoms with Crippen molar-refractivity contribution in [3.05, 3.63) is 51.9 Å². The van der Waals surface area contributed by atoms with Gasteiger partial charge in [-0.1, -0.05) is 43.2 Å². The summed E-state index contributed by atoms with van der Waals surface area (Å²) in [5.74, 6) is -0.0531. The van der Waals surface area contributed by atoms with E-state index in [1.807, 2.05) is 30.3 Å². The normalized spacial score (nSPS) is 19.6. The van der Waals surface area contributed by atoms with Gasteiger partial charge >= 0.3 is 0 Å². The van der Waals surface area contributed by atoms with Crippen molar-refractivity contribution in [2.45, 2.75) is 44.3 Å². The molecular formula is C20H23N5O3. The second kappa shape index (κ2) is 7.55. The number of aliphatic hydroxyl groups is 1. The molecule has 1 aliphatic rings. The number of nitrogen functional groups attached to an aromatic ring is 1. The topological polar surface area (TPSA) is 116 Å². The summed E-state index contributed by atoms with van der Waals surface area (Å²) >= 11 is 0. The number of aryl methyl sites for hydroxylation is 1. The maximum absolute atomic E-state index is 12.9. The third-order valence-corrected chi connectivity index (χ3v) is 5.22. The Morgan fingerprint density at radius 3 is 2.68 bits per heavy atom. The molecule has 0 bridgehead atoms. The van der Waals surface area contributed by atoms with E-state index >= 15 is 0 Å². The van der Waals surface area contributed by atoms with Crippen LogP contribution in [0.3, 0.4) is 0 Å². The van der Waals surface area contributed by atoms with Crippen molar-refractivity contribution in [3.8, 4) is 5.88 Å². The van der Waals surface area contributed by atoms with Crippen LogP contribution in [0, 0.1) is 0 Å². The smallest absolute Gasteiger partial charge is 0.274 e. The second-order valence-electron chi connectivity index (χ2n) is 7.15. The summed E-state index contributed by atoms with van der Waals surface area (Å²) < 4.78 is 7.29. The molecule has 146 valence electrons. The molecule has 1 saturated carbocycles. The number of aromatic nitrogens is 4. The van der Waals surface area contributed by atoms with Gasteiger partial charge in [-0.25, -0.2) is 4.98 Å². The zero-order chi connectivity index (χ0) is 19.7. The second-order valence-corrected chi connectivity index (χ2v) is 7.15. The zero-order valence-electron chi connectivity index (χ0n) is 15.7. The van der Waals surface area contributed by atoms with Crippen molar-refractivity contribution < 1.29 is 9.84 Å². The summed E-state index contributed by atoms with van der Waals surface area (Å²) in [5, 5.41) is 10.4. The van der Waals surface area contributed by atoms with Crippen molar-refractivity contribution in [1.29, 1.82) is 0 Å². The SMILES string of the molecule is Cn1c(=O)c([C@@H]2CCCCC2O)nc2c(OCc3ccccc3)nc(N)nc21. The van der Waals surface area contributed by atoms with Crippen molar-refractivity contribution in [2.24, 2.45) is 7.05 Å². The number of benzene rings is 1. The standard InChI is InChI=1S/C20H23N5O3/c1-25-17-16(22-15(19(25)27)13-9-5-6-10-14(13)26)18(24-20(21)23-17)28-11-12-7-3-2-4-8-12/h2-4,7-8,13-14,26H,5-6,9-11H2,1H3,(H2,21,23,24)/t13-,14?/m1/s1. The lowest BCUT2D eigenvalue weighted by Gasteiger charge is -2.27. The van der Waals surface area contributed by atoms with Gasteiger partial charge < -0.3 is 15.6 Å². The van der Waals surface area contributed by atoms with Crippen LogP contribution in [0.15, 0.2) is 35.1 Å². The van der Waals surface area contributed by atoms with E-state index in [0.29, 0.717) is 23.3 Å². The Balaban J connectivity index is 1.80. The van der Waals surface area contributed by atoms with Gasteiger partial charge in [0.05, 0.1) is 6.10 Å². The van der Waals surface area contributed by atoms with E-state index in [9.17, 15) is 9.90 Å². The number of nitrogens with two attached hydrogens (primary N) is 1. The third kappa shape index (κ3) is 3.43. The van der Waals surface area contributed by atoms with E-state index in [-0.39, 0.29) is 29.9 Å². The van der Waals surface area contributed by atoms with Gasteiger partial charge in [-0.05, 0) is 18.4 Å². The van der Waals surface area contributed by atoms with E-state index in [1.165, 1.54) is 4.57 Å². The lowest BCUT2D eigenvalue weighted by atomic mass is 9.84. The highest BCUT2D eigenvalue weighted by molar-refractivity contribution is 5.77. The summed E-state index contributed by atoms with van der Waals surface area (Å²) in [7, 11) is 1.62. The molecule has 1 fully saturated rings. The fourth-order valence-electron chi connectivity index (χ4n) is 3.71. The van der Waals surface area contributed by atoms with Gasteiger partial charge in [0.1, 0.15) is 12.3 Å². The summed E-state index contributed by atoms with van der Waals surface area (Å²) in [6, 6.07) is 9.67. The van der Waals surface area contributed by atoms with Gasteiger partial charge in [-0.2, -0.15) is 9.97 Å². The first kappa shape index (κ1) is 18.4. The van der Waals surface area contributed by atoms with Gasteiger partial charge in [-0.3, -0.25) is 9.36 Å². The van der Waals surface area contributed by atoms with Crippen LogP contribution in [0.4, 0.5) is 5.95 Å². The van der Waals surface area contributed by atoms with E-state index in [4.69, 9.17) is 10.5 Å². The molecule has 4 rings (SSSR count). The van der Waals surface area contributed by atoms with Gasteiger partial charge in [0.25, 0.3) is 5.56 Å². The molecule has 0 amide bonds. The Bertz CT molecular complexity index is 1050. The summed E-state index contributed by atoms with van der Waals surface area (Å²) in [6.07, 6.45) is 2.74. The molecule has 3 aromatic rings. The van der Waals surface area contributed by atoms with Crippen LogP contribution in [-0.2, 0) is 13.7 Å². The molecule has 28 heavy (non-hydrogen) atoms. The number of hydrogen-bond acceptors (Lipinski definition) is 7. The highest BCUT2D eigenvalue weighted by atomic mass is 16.5. The molecular weight excluding hydrogens is 358 g/mol. The Morgan fingerprint density at radius 2 is 1.93 bits per heavy atom. The number of ether oxygens (including phenoxy) is 1. The minimum absolute atomic E-state index is 0.0119. The molecule has 1 unspecified atom stereocenters. The zero-order valence-corrected chi connectivity index (χ0v) is 15.7. The molecule has 0 saturated heterocycles. The number of anilines is 1. The van der Waals surface area contributed by atoms with E-state index in [0.717, 1.165) is 24.8 Å². The maximum atomic E-state index is 12.9. The lowest BCUT2D eigenvalue weighted by Crippen LogP contribution is -2.32. The van der Waals surface area contributed by atoms with Crippen LogP contribution >= 0.6 is 0 Å².